The fourth-order valence-electron chi connectivity index (χ4n) is 1.30. The van der Waals surface area contributed by atoms with Crippen LogP contribution in [0.5, 0.6) is 0 Å². The third kappa shape index (κ3) is 2.47. The van der Waals surface area contributed by atoms with Crippen LogP contribution >= 0.6 is 11.8 Å². The molecule has 0 spiro atoms. The molecule has 1 heterocycles. The van der Waals surface area contributed by atoms with Gasteiger partial charge in [-0.3, -0.25) is 0 Å². The van der Waals surface area contributed by atoms with Crippen LogP contribution in [0.15, 0.2) is 11.1 Å². The third-order valence-corrected chi connectivity index (χ3v) is 2.80. The number of nitrogens with zero attached hydrogens (tertiary/aromatic N) is 2. The van der Waals surface area contributed by atoms with Gasteiger partial charge in [0, 0.05) is 17.8 Å². The van der Waals surface area contributed by atoms with Crippen molar-refractivity contribution in [2.45, 2.75) is 25.4 Å². The van der Waals surface area contributed by atoms with Crippen LogP contribution < -0.4 is 5.73 Å². The second-order valence-corrected chi connectivity index (χ2v) is 3.98. The van der Waals surface area contributed by atoms with Crippen molar-refractivity contribution >= 4 is 11.8 Å². The minimum absolute atomic E-state index is 0.420. The molecule has 4 heteroatoms. The summed E-state index contributed by atoms with van der Waals surface area (Å²) >= 11 is 1.45. The fraction of sp³-hybridized carbons (Fsp3) is 0.400. The minimum Gasteiger partial charge on any atom is -0.326 e. The Hall–Kier alpha value is -1.05. The molecule has 3 nitrogen and oxygen atoms in total. The van der Waals surface area contributed by atoms with Gasteiger partial charge in [-0.2, -0.15) is 5.26 Å². The topological polar surface area (TPSA) is 62.7 Å². The Labute approximate surface area is 88.3 Å². The summed E-state index contributed by atoms with van der Waals surface area (Å²) in [6, 6.07) is 4.10. The molecular weight excluding hydrogens is 194 g/mol. The Kier molecular flexibility index (Phi) is 3.93. The predicted molar refractivity (Wildman–Crippen MR) is 57.9 cm³/mol. The maximum atomic E-state index is 8.50. The van der Waals surface area contributed by atoms with Gasteiger partial charge in [-0.25, -0.2) is 4.98 Å². The van der Waals surface area contributed by atoms with Gasteiger partial charge in [0.25, 0.3) is 0 Å². The van der Waals surface area contributed by atoms with E-state index in [4.69, 9.17) is 11.0 Å². The number of thioether (sulfide) groups is 1. The number of hydrogen-bond acceptors (Lipinski definition) is 4. The zero-order chi connectivity index (χ0) is 10.6. The largest absolute Gasteiger partial charge is 0.326 e. The Balaban J connectivity index is 3.06. The second kappa shape index (κ2) is 4.99. The zero-order valence-electron chi connectivity index (χ0n) is 8.37. The van der Waals surface area contributed by atoms with Crippen molar-refractivity contribution in [3.05, 3.63) is 22.9 Å². The molecule has 74 valence electrons. The van der Waals surface area contributed by atoms with E-state index in [0.717, 1.165) is 21.8 Å². The van der Waals surface area contributed by atoms with Crippen LogP contribution in [0.25, 0.3) is 0 Å². The van der Waals surface area contributed by atoms with Gasteiger partial charge < -0.3 is 5.73 Å². The Bertz CT molecular complexity index is 368. The number of aromatic nitrogens is 1. The quantitative estimate of drug-likeness (QED) is 0.767. The number of nitrogens with two attached hydrogens (primary N) is 1. The first-order chi connectivity index (χ1) is 6.69. The number of rotatable bonds is 3. The highest BCUT2D eigenvalue weighted by Gasteiger charge is 2.07. The molecule has 0 saturated heterocycles. The molecule has 0 radical (unpaired) electrons. The first kappa shape index (κ1) is 11.0. The molecule has 0 aromatic carbocycles. The summed E-state index contributed by atoms with van der Waals surface area (Å²) in [4.78, 5) is 4.37. The summed E-state index contributed by atoms with van der Waals surface area (Å²) in [7, 11) is 0. The lowest BCUT2D eigenvalue weighted by molar-refractivity contribution is 0.923. The molecule has 0 unspecified atom stereocenters. The van der Waals surface area contributed by atoms with E-state index in [-0.39, 0.29) is 0 Å². The van der Waals surface area contributed by atoms with E-state index < -0.39 is 0 Å². The van der Waals surface area contributed by atoms with E-state index in [1.807, 2.05) is 19.9 Å². The lowest BCUT2D eigenvalue weighted by atomic mass is 10.1. The van der Waals surface area contributed by atoms with E-state index >= 15 is 0 Å². The van der Waals surface area contributed by atoms with Crippen LogP contribution in [0, 0.1) is 25.2 Å². The molecule has 0 aliphatic heterocycles. The van der Waals surface area contributed by atoms with Crippen molar-refractivity contribution in [3.63, 3.8) is 0 Å². The molecule has 0 aliphatic carbocycles. The van der Waals surface area contributed by atoms with Crippen LogP contribution in [0.1, 0.15) is 16.8 Å². The number of nitriles is 1. The fourth-order valence-corrected chi connectivity index (χ4v) is 2.13. The first-order valence-electron chi connectivity index (χ1n) is 4.36. The Morgan fingerprint density at radius 1 is 1.57 bits per heavy atom. The lowest BCUT2D eigenvalue weighted by Crippen LogP contribution is -2.04. The van der Waals surface area contributed by atoms with Gasteiger partial charge in [0.1, 0.15) is 5.03 Å². The van der Waals surface area contributed by atoms with E-state index in [0.29, 0.717) is 12.3 Å². The summed E-state index contributed by atoms with van der Waals surface area (Å²) in [5.41, 5.74) is 8.81. The Morgan fingerprint density at radius 2 is 2.29 bits per heavy atom. The van der Waals surface area contributed by atoms with Gasteiger partial charge in [-0.15, -0.1) is 0 Å². The highest BCUT2D eigenvalue weighted by Crippen LogP contribution is 2.23. The molecule has 14 heavy (non-hydrogen) atoms. The van der Waals surface area contributed by atoms with Crippen LogP contribution in [-0.2, 0) is 6.54 Å². The number of aryl methyl sites for hydroxylation is 2. The SMILES string of the molecule is Cc1cc(C)c(CN)c(SCC#N)n1. The molecule has 0 fully saturated rings. The summed E-state index contributed by atoms with van der Waals surface area (Å²) in [5.74, 6) is 0.420. The maximum absolute atomic E-state index is 8.50. The van der Waals surface area contributed by atoms with Gasteiger partial charge in [0.05, 0.1) is 11.8 Å². The van der Waals surface area contributed by atoms with E-state index in [1.165, 1.54) is 11.8 Å². The van der Waals surface area contributed by atoms with Gasteiger partial charge >= 0.3 is 0 Å². The van der Waals surface area contributed by atoms with Crippen molar-refractivity contribution in [1.82, 2.24) is 4.98 Å². The normalized spacial score (nSPS) is 9.86. The zero-order valence-corrected chi connectivity index (χ0v) is 9.19. The van der Waals surface area contributed by atoms with E-state index in [9.17, 15) is 0 Å². The van der Waals surface area contributed by atoms with Gasteiger partial charge in [0.15, 0.2) is 0 Å². The predicted octanol–water partition coefficient (Wildman–Crippen LogP) is 1.77. The first-order valence-corrected chi connectivity index (χ1v) is 5.34. The molecule has 0 bridgehead atoms. The second-order valence-electron chi connectivity index (χ2n) is 3.02. The van der Waals surface area contributed by atoms with Crippen LogP contribution in [0.4, 0.5) is 0 Å². The highest BCUT2D eigenvalue weighted by atomic mass is 32.2. The van der Waals surface area contributed by atoms with Crippen LogP contribution in [-0.4, -0.2) is 10.7 Å². The van der Waals surface area contributed by atoms with E-state index in [1.54, 1.807) is 0 Å². The molecule has 1 aromatic heterocycles. The van der Waals surface area contributed by atoms with Crippen LogP contribution in [0.3, 0.4) is 0 Å². The van der Waals surface area contributed by atoms with Crippen LogP contribution in [0.2, 0.25) is 0 Å². The van der Waals surface area contributed by atoms with Crippen molar-refractivity contribution in [3.8, 4) is 6.07 Å². The summed E-state index contributed by atoms with van der Waals surface area (Å²) in [6.07, 6.45) is 0. The molecule has 0 aliphatic rings. The van der Waals surface area contributed by atoms with Crippen molar-refractivity contribution < 1.29 is 0 Å². The summed E-state index contributed by atoms with van der Waals surface area (Å²) < 4.78 is 0. The average Bonchev–Trinajstić information content (AvgIpc) is 2.14. The maximum Gasteiger partial charge on any atom is 0.102 e. The number of pyridine rings is 1. The molecule has 1 aromatic rings. The number of hydrogen-bond donors (Lipinski definition) is 1. The smallest absolute Gasteiger partial charge is 0.102 e. The summed E-state index contributed by atoms with van der Waals surface area (Å²) in [6.45, 7) is 4.45. The lowest BCUT2D eigenvalue weighted by Gasteiger charge is -2.09. The molecule has 0 saturated carbocycles. The van der Waals surface area contributed by atoms with Gasteiger partial charge in [-0.1, -0.05) is 11.8 Å². The highest BCUT2D eigenvalue weighted by molar-refractivity contribution is 7.99. The minimum atomic E-state index is 0.420. The van der Waals surface area contributed by atoms with Gasteiger partial charge in [0.2, 0.25) is 0 Å². The van der Waals surface area contributed by atoms with Crippen molar-refractivity contribution in [1.29, 1.82) is 5.26 Å². The third-order valence-electron chi connectivity index (χ3n) is 1.92. The molecule has 2 N–H and O–H groups in total. The molecule has 0 atom stereocenters. The summed E-state index contributed by atoms with van der Waals surface area (Å²) in [5, 5.41) is 9.39. The standard InChI is InChI=1S/C10H13N3S/c1-7-5-8(2)13-10(9(7)6-12)14-4-3-11/h5H,4,6,12H2,1-2H3. The van der Waals surface area contributed by atoms with E-state index in [2.05, 4.69) is 11.1 Å². The Morgan fingerprint density at radius 3 is 2.86 bits per heavy atom. The van der Waals surface area contributed by atoms with Crippen molar-refractivity contribution in [2.24, 2.45) is 5.73 Å². The molecule has 1 rings (SSSR count). The molecule has 0 amide bonds. The van der Waals surface area contributed by atoms with Gasteiger partial charge in [-0.05, 0) is 25.5 Å². The average molecular weight is 207 g/mol. The molecular formula is C10H13N3S. The monoisotopic (exact) mass is 207 g/mol. The van der Waals surface area contributed by atoms with Crippen molar-refractivity contribution in [2.75, 3.05) is 5.75 Å².